The third kappa shape index (κ3) is 2.22. The van der Waals surface area contributed by atoms with Crippen molar-refractivity contribution in [1.29, 1.82) is 0 Å². The molecule has 1 atom stereocenters. The quantitative estimate of drug-likeness (QED) is 0.843. The molecular formula is C14H21NO. The molecule has 2 nitrogen and oxygen atoms in total. The van der Waals surface area contributed by atoms with Gasteiger partial charge in [0.1, 0.15) is 5.75 Å². The molecule has 1 aromatic carbocycles. The van der Waals surface area contributed by atoms with Crippen molar-refractivity contribution < 1.29 is 4.74 Å². The van der Waals surface area contributed by atoms with Gasteiger partial charge in [0.2, 0.25) is 0 Å². The molecule has 1 saturated heterocycles. The second-order valence-corrected chi connectivity index (χ2v) is 4.67. The molecule has 1 aliphatic heterocycles. The number of benzene rings is 1. The van der Waals surface area contributed by atoms with Gasteiger partial charge in [0.25, 0.3) is 0 Å². The lowest BCUT2D eigenvalue weighted by atomic mass is 9.96. The molecule has 1 unspecified atom stereocenters. The van der Waals surface area contributed by atoms with E-state index in [-0.39, 0.29) is 0 Å². The van der Waals surface area contributed by atoms with E-state index in [4.69, 9.17) is 4.74 Å². The van der Waals surface area contributed by atoms with E-state index >= 15 is 0 Å². The van der Waals surface area contributed by atoms with Crippen LogP contribution in [0.4, 0.5) is 0 Å². The summed E-state index contributed by atoms with van der Waals surface area (Å²) >= 11 is 0. The Morgan fingerprint density at radius 3 is 2.75 bits per heavy atom. The molecule has 88 valence electrons. The first-order valence-corrected chi connectivity index (χ1v) is 6.09. The van der Waals surface area contributed by atoms with Gasteiger partial charge in [-0.25, -0.2) is 0 Å². The van der Waals surface area contributed by atoms with Crippen molar-refractivity contribution in [3.8, 4) is 5.75 Å². The first-order chi connectivity index (χ1) is 7.72. The molecule has 0 amide bonds. The number of rotatable bonds is 3. The third-order valence-electron chi connectivity index (χ3n) is 3.70. The Bertz CT molecular complexity index is 367. The summed E-state index contributed by atoms with van der Waals surface area (Å²) in [7, 11) is 1.74. The van der Waals surface area contributed by atoms with Gasteiger partial charge in [-0.2, -0.15) is 0 Å². The molecule has 16 heavy (non-hydrogen) atoms. The highest BCUT2D eigenvalue weighted by Gasteiger charge is 2.16. The maximum atomic E-state index is 5.34. The Kier molecular flexibility index (Phi) is 3.49. The first kappa shape index (κ1) is 11.5. The lowest BCUT2D eigenvalue weighted by Crippen LogP contribution is -2.24. The molecule has 2 rings (SSSR count). The van der Waals surface area contributed by atoms with Crippen LogP contribution >= 0.6 is 0 Å². The molecule has 0 aromatic heterocycles. The molecule has 1 fully saturated rings. The van der Waals surface area contributed by atoms with E-state index < -0.39 is 0 Å². The summed E-state index contributed by atoms with van der Waals surface area (Å²) in [5, 5.41) is 3.55. The number of hydrogen-bond donors (Lipinski definition) is 1. The SMILES string of the molecule is COc1ccc(CC2CCCN2)c(C)c1C. The Morgan fingerprint density at radius 1 is 1.31 bits per heavy atom. The average molecular weight is 219 g/mol. The molecule has 0 radical (unpaired) electrons. The van der Waals surface area contributed by atoms with E-state index in [1.54, 1.807) is 7.11 Å². The fraction of sp³-hybridized carbons (Fsp3) is 0.571. The summed E-state index contributed by atoms with van der Waals surface area (Å²) in [6, 6.07) is 4.97. The summed E-state index contributed by atoms with van der Waals surface area (Å²) < 4.78 is 5.34. The van der Waals surface area contributed by atoms with Gasteiger partial charge in [-0.05, 0) is 62.4 Å². The van der Waals surface area contributed by atoms with Crippen LogP contribution in [0.5, 0.6) is 5.75 Å². The van der Waals surface area contributed by atoms with Crippen LogP contribution < -0.4 is 10.1 Å². The van der Waals surface area contributed by atoms with E-state index in [1.165, 1.54) is 36.1 Å². The fourth-order valence-corrected chi connectivity index (χ4v) is 2.49. The average Bonchev–Trinajstić information content (AvgIpc) is 2.78. The van der Waals surface area contributed by atoms with Crippen molar-refractivity contribution in [2.45, 2.75) is 39.2 Å². The zero-order valence-electron chi connectivity index (χ0n) is 10.5. The van der Waals surface area contributed by atoms with Crippen molar-refractivity contribution in [2.75, 3.05) is 13.7 Å². The molecule has 0 bridgehead atoms. The number of ether oxygens (including phenoxy) is 1. The summed E-state index contributed by atoms with van der Waals surface area (Å²) in [5.41, 5.74) is 4.11. The molecule has 0 saturated carbocycles. The normalized spacial score (nSPS) is 20.1. The second-order valence-electron chi connectivity index (χ2n) is 4.67. The largest absolute Gasteiger partial charge is 0.496 e. The highest BCUT2D eigenvalue weighted by molar-refractivity contribution is 5.43. The van der Waals surface area contributed by atoms with Crippen molar-refractivity contribution >= 4 is 0 Å². The predicted molar refractivity (Wildman–Crippen MR) is 67.2 cm³/mol. The van der Waals surface area contributed by atoms with Crippen LogP contribution in [0.1, 0.15) is 29.5 Å². The van der Waals surface area contributed by atoms with Gasteiger partial charge in [0.15, 0.2) is 0 Å². The predicted octanol–water partition coefficient (Wildman–Crippen LogP) is 2.61. The smallest absolute Gasteiger partial charge is 0.122 e. The van der Waals surface area contributed by atoms with Crippen LogP contribution in [0.2, 0.25) is 0 Å². The fourth-order valence-electron chi connectivity index (χ4n) is 2.49. The number of methoxy groups -OCH3 is 1. The third-order valence-corrected chi connectivity index (χ3v) is 3.70. The van der Waals surface area contributed by atoms with Gasteiger partial charge in [0, 0.05) is 6.04 Å². The molecule has 1 aromatic rings. The molecule has 2 heteroatoms. The zero-order valence-corrected chi connectivity index (χ0v) is 10.5. The van der Waals surface area contributed by atoms with Crippen molar-refractivity contribution in [1.82, 2.24) is 5.32 Å². The number of nitrogens with one attached hydrogen (secondary N) is 1. The van der Waals surface area contributed by atoms with Crippen molar-refractivity contribution in [2.24, 2.45) is 0 Å². The second kappa shape index (κ2) is 4.88. The van der Waals surface area contributed by atoms with Crippen LogP contribution in [0.15, 0.2) is 12.1 Å². The monoisotopic (exact) mass is 219 g/mol. The molecule has 0 aliphatic carbocycles. The van der Waals surface area contributed by atoms with Crippen LogP contribution in [-0.4, -0.2) is 19.7 Å². The topological polar surface area (TPSA) is 21.3 Å². The van der Waals surface area contributed by atoms with Gasteiger partial charge < -0.3 is 10.1 Å². The summed E-state index contributed by atoms with van der Waals surface area (Å²) in [6.07, 6.45) is 3.78. The van der Waals surface area contributed by atoms with Gasteiger partial charge in [-0.3, -0.25) is 0 Å². The standard InChI is InChI=1S/C14H21NO/c1-10-11(2)14(16-3)7-6-12(10)9-13-5-4-8-15-13/h6-7,13,15H,4-5,8-9H2,1-3H3. The van der Waals surface area contributed by atoms with Gasteiger partial charge >= 0.3 is 0 Å². The van der Waals surface area contributed by atoms with Gasteiger partial charge in [-0.15, -0.1) is 0 Å². The van der Waals surface area contributed by atoms with Crippen LogP contribution in [0.25, 0.3) is 0 Å². The Balaban J connectivity index is 2.18. The minimum Gasteiger partial charge on any atom is -0.496 e. The molecule has 0 spiro atoms. The summed E-state index contributed by atoms with van der Waals surface area (Å²) in [5.74, 6) is 1.00. The molecular weight excluding hydrogens is 198 g/mol. The minimum absolute atomic E-state index is 0.673. The van der Waals surface area contributed by atoms with Crippen molar-refractivity contribution in [3.63, 3.8) is 0 Å². The number of hydrogen-bond acceptors (Lipinski definition) is 2. The van der Waals surface area contributed by atoms with E-state index in [2.05, 4.69) is 31.3 Å². The highest BCUT2D eigenvalue weighted by Crippen LogP contribution is 2.25. The lowest BCUT2D eigenvalue weighted by Gasteiger charge is -2.15. The lowest BCUT2D eigenvalue weighted by molar-refractivity contribution is 0.411. The maximum absolute atomic E-state index is 5.34. The van der Waals surface area contributed by atoms with Crippen LogP contribution in [0, 0.1) is 13.8 Å². The van der Waals surface area contributed by atoms with E-state index in [9.17, 15) is 0 Å². The molecule has 1 N–H and O–H groups in total. The maximum Gasteiger partial charge on any atom is 0.122 e. The first-order valence-electron chi connectivity index (χ1n) is 6.09. The Labute approximate surface area is 98.0 Å². The Morgan fingerprint density at radius 2 is 2.12 bits per heavy atom. The highest BCUT2D eigenvalue weighted by atomic mass is 16.5. The summed E-state index contributed by atoms with van der Waals surface area (Å²) in [6.45, 7) is 5.51. The van der Waals surface area contributed by atoms with Crippen LogP contribution in [-0.2, 0) is 6.42 Å². The van der Waals surface area contributed by atoms with Crippen LogP contribution in [0.3, 0.4) is 0 Å². The minimum atomic E-state index is 0.673. The van der Waals surface area contributed by atoms with Gasteiger partial charge in [-0.1, -0.05) is 6.07 Å². The van der Waals surface area contributed by atoms with E-state index in [0.29, 0.717) is 6.04 Å². The Hall–Kier alpha value is -1.02. The summed E-state index contributed by atoms with van der Waals surface area (Å²) in [4.78, 5) is 0. The molecule has 1 heterocycles. The van der Waals surface area contributed by atoms with Gasteiger partial charge in [0.05, 0.1) is 7.11 Å². The zero-order chi connectivity index (χ0) is 11.5. The van der Waals surface area contributed by atoms with Crippen molar-refractivity contribution in [3.05, 3.63) is 28.8 Å². The van der Waals surface area contributed by atoms with E-state index in [0.717, 1.165) is 12.2 Å². The van der Waals surface area contributed by atoms with E-state index in [1.807, 2.05) is 0 Å². The molecule has 1 aliphatic rings.